The number of aliphatic hydroxyl groups is 2. The Hall–Kier alpha value is -1.66. The van der Waals surface area contributed by atoms with Crippen LogP contribution in [0.4, 0.5) is 4.39 Å². The van der Waals surface area contributed by atoms with Gasteiger partial charge in [-0.05, 0) is 0 Å². The number of hydrogen-bond donors (Lipinski definition) is 3. The summed E-state index contributed by atoms with van der Waals surface area (Å²) in [5.74, 6) is 4.39. The van der Waals surface area contributed by atoms with Gasteiger partial charge in [-0.3, -0.25) is 14.3 Å². The van der Waals surface area contributed by atoms with Crippen molar-refractivity contribution in [1.82, 2.24) is 9.55 Å². The van der Waals surface area contributed by atoms with Crippen LogP contribution in [0.2, 0.25) is 0 Å². The number of aromatic amines is 1. The number of aliphatic hydroxyl groups excluding tert-OH is 2. The van der Waals surface area contributed by atoms with E-state index in [0.717, 1.165) is 16.8 Å². The number of alkyl halides is 2. The molecule has 4 unspecified atom stereocenters. The number of nitrogens with one attached hydrogen (secondary N) is 1. The lowest BCUT2D eigenvalue weighted by Crippen LogP contribution is -2.44. The highest BCUT2D eigenvalue weighted by Gasteiger charge is 2.55. The van der Waals surface area contributed by atoms with Crippen molar-refractivity contribution in [2.45, 2.75) is 23.3 Å². The Morgan fingerprint density at radius 1 is 1.57 bits per heavy atom. The zero-order chi connectivity index (χ0) is 15.6. The van der Waals surface area contributed by atoms with Crippen molar-refractivity contribution in [1.29, 1.82) is 0 Å². The highest BCUT2D eigenvalue weighted by Crippen LogP contribution is 2.42. The van der Waals surface area contributed by atoms with E-state index in [2.05, 4.69) is 11.8 Å². The lowest BCUT2D eigenvalue weighted by molar-refractivity contribution is -0.0464. The molecule has 3 N–H and O–H groups in total. The van der Waals surface area contributed by atoms with Gasteiger partial charge in [-0.1, -0.05) is 23.4 Å². The fourth-order valence-corrected chi connectivity index (χ4v) is 2.45. The first-order chi connectivity index (χ1) is 9.93. The number of ether oxygens (including phenoxy) is 1. The quantitative estimate of drug-likeness (QED) is 0.466. The molecular formula is C12H12ClFN2O5. The van der Waals surface area contributed by atoms with Crippen molar-refractivity contribution < 1.29 is 19.3 Å². The molecule has 4 atom stereocenters. The number of halogens is 2. The van der Waals surface area contributed by atoms with Crippen molar-refractivity contribution in [2.24, 2.45) is 0 Å². The molecule has 1 saturated heterocycles. The largest absolute Gasteiger partial charge is 0.394 e. The minimum atomic E-state index is -1.83. The maximum atomic E-state index is 12.3. The van der Waals surface area contributed by atoms with Crippen molar-refractivity contribution in [3.63, 3.8) is 0 Å². The highest BCUT2D eigenvalue weighted by atomic mass is 35.5. The first kappa shape index (κ1) is 15.7. The van der Waals surface area contributed by atoms with Gasteiger partial charge in [0.25, 0.3) is 5.56 Å². The van der Waals surface area contributed by atoms with E-state index in [4.69, 9.17) is 21.4 Å². The average molecular weight is 319 g/mol. The Bertz CT molecular complexity index is 693. The van der Waals surface area contributed by atoms with Gasteiger partial charge in [-0.25, -0.2) is 9.18 Å². The molecule has 1 fully saturated rings. The van der Waals surface area contributed by atoms with E-state index in [1.165, 1.54) is 0 Å². The molecule has 0 bridgehead atoms. The van der Waals surface area contributed by atoms with E-state index < -0.39 is 47.8 Å². The second-order valence-electron chi connectivity index (χ2n) is 4.38. The van der Waals surface area contributed by atoms with Gasteiger partial charge < -0.3 is 14.9 Å². The van der Waals surface area contributed by atoms with E-state index >= 15 is 0 Å². The summed E-state index contributed by atoms with van der Waals surface area (Å²) in [5, 5.41) is 19.2. The van der Waals surface area contributed by atoms with E-state index in [1.54, 1.807) is 0 Å². The number of nitrogens with zero attached hydrogens (tertiary/aromatic N) is 1. The fourth-order valence-electron chi connectivity index (χ4n) is 2.08. The number of H-pyrrole nitrogens is 1. The molecule has 0 radical (unpaired) electrons. The molecule has 21 heavy (non-hydrogen) atoms. The zero-order valence-electron chi connectivity index (χ0n) is 10.6. The smallest absolute Gasteiger partial charge is 0.330 e. The summed E-state index contributed by atoms with van der Waals surface area (Å²) in [6.07, 6.45) is -2.73. The molecule has 0 saturated carbocycles. The number of aromatic nitrogens is 2. The molecule has 2 heterocycles. The predicted octanol–water partition coefficient (Wildman–Crippen LogP) is -1.26. The van der Waals surface area contributed by atoms with Gasteiger partial charge >= 0.3 is 5.69 Å². The minimum absolute atomic E-state index is 0.568. The van der Waals surface area contributed by atoms with E-state index in [1.807, 2.05) is 4.98 Å². The van der Waals surface area contributed by atoms with Gasteiger partial charge in [-0.2, -0.15) is 0 Å². The normalized spacial score (nSPS) is 31.7. The summed E-state index contributed by atoms with van der Waals surface area (Å²) in [6, 6.07) is 1.06. The summed E-state index contributed by atoms with van der Waals surface area (Å²) in [4.78, 5) is 23.0. The van der Waals surface area contributed by atoms with Crippen LogP contribution in [0.1, 0.15) is 6.23 Å². The molecule has 0 aliphatic carbocycles. The lowest BCUT2D eigenvalue weighted by Gasteiger charge is -2.25. The summed E-state index contributed by atoms with van der Waals surface area (Å²) >= 11 is 6.21. The Labute approximate surface area is 122 Å². The number of hydrogen-bond acceptors (Lipinski definition) is 5. The van der Waals surface area contributed by atoms with E-state index in [9.17, 15) is 19.1 Å². The monoisotopic (exact) mass is 318 g/mol. The minimum Gasteiger partial charge on any atom is -0.394 e. The Morgan fingerprint density at radius 2 is 2.29 bits per heavy atom. The second kappa shape index (κ2) is 5.99. The maximum Gasteiger partial charge on any atom is 0.330 e. The third-order valence-corrected chi connectivity index (χ3v) is 3.58. The van der Waals surface area contributed by atoms with Crippen LogP contribution in [0.3, 0.4) is 0 Å². The molecule has 114 valence electrons. The number of rotatable bonds is 2. The van der Waals surface area contributed by atoms with Crippen molar-refractivity contribution in [2.75, 3.05) is 13.3 Å². The SMILES string of the molecule is O=c1ccn(C2OC(CO)C(O)C2(Cl)C#CCF)c(=O)[nH]1. The highest BCUT2D eigenvalue weighted by molar-refractivity contribution is 6.27. The average Bonchev–Trinajstić information content (AvgIpc) is 2.70. The molecule has 0 spiro atoms. The molecule has 9 heteroatoms. The van der Waals surface area contributed by atoms with E-state index in [0.29, 0.717) is 0 Å². The van der Waals surface area contributed by atoms with Crippen LogP contribution >= 0.6 is 11.6 Å². The first-order valence-electron chi connectivity index (χ1n) is 5.94. The predicted molar refractivity (Wildman–Crippen MR) is 70.7 cm³/mol. The molecular weight excluding hydrogens is 307 g/mol. The molecule has 1 aliphatic rings. The Balaban J connectivity index is 2.53. The van der Waals surface area contributed by atoms with Crippen LogP contribution in [0, 0.1) is 11.8 Å². The van der Waals surface area contributed by atoms with Gasteiger partial charge in [-0.15, -0.1) is 0 Å². The van der Waals surface area contributed by atoms with Gasteiger partial charge in [0, 0.05) is 12.3 Å². The molecule has 0 aromatic carbocycles. The molecule has 0 amide bonds. The third-order valence-electron chi connectivity index (χ3n) is 3.08. The summed E-state index contributed by atoms with van der Waals surface area (Å²) in [7, 11) is 0. The van der Waals surface area contributed by atoms with Crippen LogP contribution in [-0.4, -0.2) is 50.1 Å². The van der Waals surface area contributed by atoms with Crippen LogP contribution < -0.4 is 11.2 Å². The molecule has 2 rings (SSSR count). The molecule has 1 aromatic heterocycles. The van der Waals surface area contributed by atoms with Gasteiger partial charge in [0.1, 0.15) is 18.9 Å². The lowest BCUT2D eigenvalue weighted by atomic mass is 9.99. The first-order valence-corrected chi connectivity index (χ1v) is 6.32. The van der Waals surface area contributed by atoms with Gasteiger partial charge in [0.15, 0.2) is 11.1 Å². The van der Waals surface area contributed by atoms with Crippen LogP contribution in [0.5, 0.6) is 0 Å². The van der Waals surface area contributed by atoms with Crippen LogP contribution in [-0.2, 0) is 4.74 Å². The van der Waals surface area contributed by atoms with Gasteiger partial charge in [0.05, 0.1) is 6.61 Å². The molecule has 7 nitrogen and oxygen atoms in total. The topological polar surface area (TPSA) is 105 Å². The summed E-state index contributed by atoms with van der Waals surface area (Å²) < 4.78 is 18.5. The maximum absolute atomic E-state index is 12.3. The zero-order valence-corrected chi connectivity index (χ0v) is 11.4. The summed E-state index contributed by atoms with van der Waals surface area (Å²) in [6.45, 7) is -1.57. The van der Waals surface area contributed by atoms with Crippen molar-refractivity contribution in [3.8, 4) is 11.8 Å². The van der Waals surface area contributed by atoms with Crippen LogP contribution in [0.25, 0.3) is 0 Å². The Kier molecular flexibility index (Phi) is 4.49. The third kappa shape index (κ3) is 2.73. The summed E-state index contributed by atoms with van der Waals surface area (Å²) in [5.41, 5.74) is -1.45. The van der Waals surface area contributed by atoms with Crippen molar-refractivity contribution >= 4 is 11.6 Å². The van der Waals surface area contributed by atoms with E-state index in [-0.39, 0.29) is 0 Å². The standard InChI is InChI=1S/C12H12ClFN2O5/c13-12(3-1-4-14)9(19)7(6-17)21-10(12)16-5-2-8(18)15-11(16)20/h2,5,7,9-10,17,19H,4,6H2,(H,15,18,20). The molecule has 1 aliphatic heterocycles. The fraction of sp³-hybridized carbons (Fsp3) is 0.500. The Morgan fingerprint density at radius 3 is 2.86 bits per heavy atom. The molecule has 1 aromatic rings. The van der Waals surface area contributed by atoms with Crippen LogP contribution in [0.15, 0.2) is 21.9 Å². The van der Waals surface area contributed by atoms with Crippen molar-refractivity contribution in [3.05, 3.63) is 33.1 Å². The second-order valence-corrected chi connectivity index (χ2v) is 5.00. The van der Waals surface area contributed by atoms with Gasteiger partial charge in [0.2, 0.25) is 0 Å².